The first-order valence-electron chi connectivity index (χ1n) is 9.82. The molecule has 0 bridgehead atoms. The maximum atomic E-state index is 16.7. The first-order chi connectivity index (χ1) is 13.4. The maximum absolute atomic E-state index is 16.7. The molecule has 146 valence electrons. The van der Waals surface area contributed by atoms with E-state index in [2.05, 4.69) is 16.0 Å². The molecule has 0 radical (unpaired) electrons. The van der Waals surface area contributed by atoms with Gasteiger partial charge in [0.15, 0.2) is 18.8 Å². The quantitative estimate of drug-likeness (QED) is 0.550. The summed E-state index contributed by atoms with van der Waals surface area (Å²) in [6.07, 6.45) is 11.9. The zero-order chi connectivity index (χ0) is 19.6. The van der Waals surface area contributed by atoms with E-state index < -0.39 is 10.7 Å². The standard InChI is InChI=1S/C21H25FN4O2/c1-23(2)8-9-24-11-14-4-3-5-16-20-17-10-15(27)12-25(28)18(17)6-7-19(20)26(22,13-24)21(14)16/h3-7,11,19-21H,8-10,12-13H2,1-2H3/q+2. The van der Waals surface area contributed by atoms with Crippen molar-refractivity contribution in [2.75, 3.05) is 40.4 Å². The molecule has 6 nitrogen and oxygen atoms in total. The first-order valence-corrected chi connectivity index (χ1v) is 9.82. The summed E-state index contributed by atoms with van der Waals surface area (Å²) in [7, 11) is 4.03. The molecule has 4 unspecified atom stereocenters. The van der Waals surface area contributed by atoms with E-state index in [0.29, 0.717) is 5.70 Å². The number of hydrogen-bond donors (Lipinski definition) is 0. The summed E-state index contributed by atoms with van der Waals surface area (Å²) in [6.45, 7) is 1.76. The minimum Gasteiger partial charge on any atom is -0.327 e. The number of quaternary nitrogens is 1. The van der Waals surface area contributed by atoms with Crippen molar-refractivity contribution in [2.24, 2.45) is 5.92 Å². The molecular formula is C21H25FN4O2+2. The van der Waals surface area contributed by atoms with Gasteiger partial charge >= 0.3 is 0 Å². The number of nitroso groups, excluding NO2 is 1. The summed E-state index contributed by atoms with van der Waals surface area (Å²) in [5.41, 5.74) is 3.31. The van der Waals surface area contributed by atoms with E-state index in [4.69, 9.17) is 0 Å². The van der Waals surface area contributed by atoms with Crippen LogP contribution in [-0.2, 0) is 4.79 Å². The predicted octanol–water partition coefficient (Wildman–Crippen LogP) is 1.85. The van der Waals surface area contributed by atoms with Gasteiger partial charge in [-0.25, -0.2) is 0 Å². The van der Waals surface area contributed by atoms with E-state index in [9.17, 15) is 9.70 Å². The summed E-state index contributed by atoms with van der Waals surface area (Å²) in [5, 5.41) is 0. The molecule has 28 heavy (non-hydrogen) atoms. The highest BCUT2D eigenvalue weighted by Gasteiger charge is 2.65. The second kappa shape index (κ2) is 6.06. The van der Waals surface area contributed by atoms with Crippen LogP contribution in [0.2, 0.25) is 0 Å². The fourth-order valence-corrected chi connectivity index (χ4v) is 5.39. The Bertz CT molecular complexity index is 929. The van der Waals surface area contributed by atoms with Crippen LogP contribution >= 0.6 is 0 Å². The van der Waals surface area contributed by atoms with Crippen LogP contribution in [-0.4, -0.2) is 77.5 Å². The van der Waals surface area contributed by atoms with Gasteiger partial charge in [0.05, 0.1) is 5.92 Å². The van der Waals surface area contributed by atoms with Gasteiger partial charge < -0.3 is 9.80 Å². The number of ketones is 1. The molecule has 0 aromatic rings. The van der Waals surface area contributed by atoms with Gasteiger partial charge in [-0.3, -0.25) is 4.79 Å². The van der Waals surface area contributed by atoms with Crippen molar-refractivity contribution in [1.82, 2.24) is 9.80 Å². The Morgan fingerprint density at radius 1 is 1.36 bits per heavy atom. The van der Waals surface area contributed by atoms with Gasteiger partial charge in [-0.2, -0.15) is 0 Å². The van der Waals surface area contributed by atoms with Gasteiger partial charge in [0.2, 0.25) is 5.78 Å². The highest BCUT2D eigenvalue weighted by molar-refractivity contribution is 5.83. The third kappa shape index (κ3) is 2.42. The molecule has 1 fully saturated rings. The van der Waals surface area contributed by atoms with E-state index in [-0.39, 0.29) is 37.4 Å². The van der Waals surface area contributed by atoms with Gasteiger partial charge in [0.25, 0.3) is 12.2 Å². The number of halogens is 1. The molecule has 2 aliphatic carbocycles. The molecule has 0 spiro atoms. The third-order valence-electron chi connectivity index (χ3n) is 6.53. The van der Waals surface area contributed by atoms with Crippen LogP contribution in [0.25, 0.3) is 0 Å². The van der Waals surface area contributed by atoms with Crippen LogP contribution in [0.1, 0.15) is 6.42 Å². The zero-order valence-electron chi connectivity index (χ0n) is 16.2. The van der Waals surface area contributed by atoms with Crippen LogP contribution in [0, 0.1) is 10.8 Å². The summed E-state index contributed by atoms with van der Waals surface area (Å²) >= 11 is 0. The Labute approximate surface area is 163 Å². The predicted molar refractivity (Wildman–Crippen MR) is 102 cm³/mol. The molecule has 0 N–H and O–H groups in total. The Morgan fingerprint density at radius 2 is 2.18 bits per heavy atom. The van der Waals surface area contributed by atoms with Crippen molar-refractivity contribution in [3.8, 4) is 0 Å². The van der Waals surface area contributed by atoms with E-state index in [0.717, 1.165) is 34.6 Å². The van der Waals surface area contributed by atoms with Gasteiger partial charge in [-0.1, -0.05) is 22.9 Å². The number of Topliss-reactive ketones (excluding diaryl/α,β-unsaturated/α-hetero) is 1. The Balaban J connectivity index is 1.58. The van der Waals surface area contributed by atoms with Gasteiger partial charge in [-0.15, -0.1) is 0 Å². The molecule has 0 aromatic heterocycles. The third-order valence-corrected chi connectivity index (χ3v) is 6.53. The molecule has 0 aromatic carbocycles. The number of likely N-dealkylation sites (N-methyl/N-ethyl adjacent to an activating group) is 1. The van der Waals surface area contributed by atoms with Gasteiger partial charge in [0.1, 0.15) is 0 Å². The topological polar surface area (TPSA) is 43.6 Å². The van der Waals surface area contributed by atoms with Crippen molar-refractivity contribution < 1.29 is 18.7 Å². The number of allylic oxidation sites excluding steroid dienone is 3. The Hall–Kier alpha value is -2.38. The smallest absolute Gasteiger partial charge is 0.256 e. The van der Waals surface area contributed by atoms with Crippen LogP contribution < -0.4 is 0 Å². The summed E-state index contributed by atoms with van der Waals surface area (Å²) < 4.78 is 16.8. The highest BCUT2D eigenvalue weighted by atomic mass is 19.2. The molecule has 1 saturated heterocycles. The van der Waals surface area contributed by atoms with Gasteiger partial charge in [0, 0.05) is 58.2 Å². The average Bonchev–Trinajstić information content (AvgIpc) is 2.90. The van der Waals surface area contributed by atoms with Crippen molar-refractivity contribution in [2.45, 2.75) is 18.5 Å². The largest absolute Gasteiger partial charge is 0.327 e. The zero-order valence-corrected chi connectivity index (χ0v) is 16.2. The molecule has 0 amide bonds. The monoisotopic (exact) mass is 384 g/mol. The van der Waals surface area contributed by atoms with Crippen LogP contribution in [0.5, 0.6) is 0 Å². The number of rotatable bonds is 3. The van der Waals surface area contributed by atoms with Crippen molar-refractivity contribution in [3.63, 3.8) is 0 Å². The molecule has 4 atom stereocenters. The maximum Gasteiger partial charge on any atom is 0.256 e. The lowest BCUT2D eigenvalue weighted by atomic mass is 9.77. The van der Waals surface area contributed by atoms with Crippen LogP contribution in [0.15, 0.2) is 59.0 Å². The summed E-state index contributed by atoms with van der Waals surface area (Å²) in [6, 6.07) is -0.760. The average molecular weight is 384 g/mol. The number of fused-ring (bicyclic) bond motifs is 4. The SMILES string of the molecule is CN(C)CCN1C=C2C=CC=C3C4C5=C(C=CC4[N+](F)(C1)C23)[N+](=O)CC(=O)C5. The minimum absolute atomic E-state index is 0.0894. The van der Waals surface area contributed by atoms with E-state index in [1.807, 2.05) is 38.4 Å². The molecule has 3 aliphatic heterocycles. The van der Waals surface area contributed by atoms with Crippen molar-refractivity contribution in [3.05, 3.63) is 63.9 Å². The molecule has 7 heteroatoms. The second-order valence-electron chi connectivity index (χ2n) is 8.63. The number of hydrogen-bond acceptors (Lipinski definition) is 4. The second-order valence-corrected chi connectivity index (χ2v) is 8.63. The molecular weight excluding hydrogens is 359 g/mol. The Kier molecular flexibility index (Phi) is 3.83. The fourth-order valence-electron chi connectivity index (χ4n) is 5.39. The first kappa shape index (κ1) is 17.7. The van der Waals surface area contributed by atoms with Crippen LogP contribution in [0.3, 0.4) is 0 Å². The minimum atomic E-state index is -0.611. The fraction of sp³-hybridized carbons (Fsp3) is 0.476. The summed E-state index contributed by atoms with van der Waals surface area (Å²) in [5.74, 6) is -0.314. The lowest BCUT2D eigenvalue weighted by Crippen LogP contribution is -2.59. The number of nitrogens with zero attached hydrogens (tertiary/aromatic N) is 4. The van der Waals surface area contributed by atoms with Crippen LogP contribution in [0.4, 0.5) is 4.48 Å². The van der Waals surface area contributed by atoms with Crippen molar-refractivity contribution >= 4 is 5.78 Å². The molecule has 3 heterocycles. The molecule has 5 aliphatic rings. The lowest BCUT2D eigenvalue weighted by Gasteiger charge is -2.41. The molecule has 0 saturated carbocycles. The number of carbonyl (C=O) groups excluding carboxylic acids is 1. The highest BCUT2D eigenvalue weighted by Crippen LogP contribution is 2.54. The number of carbonyl (C=O) groups is 1. The van der Waals surface area contributed by atoms with E-state index >= 15 is 4.48 Å². The van der Waals surface area contributed by atoms with E-state index in [1.54, 1.807) is 6.08 Å². The summed E-state index contributed by atoms with van der Waals surface area (Å²) in [4.78, 5) is 28.6. The molecule has 5 rings (SSSR count). The Morgan fingerprint density at radius 3 is 2.96 bits per heavy atom. The normalized spacial score (nSPS) is 35.7. The van der Waals surface area contributed by atoms with Crippen molar-refractivity contribution in [1.29, 1.82) is 0 Å². The lowest BCUT2D eigenvalue weighted by molar-refractivity contribution is -1.08. The van der Waals surface area contributed by atoms with Gasteiger partial charge in [-0.05, 0) is 24.7 Å². The van der Waals surface area contributed by atoms with E-state index in [1.165, 1.54) is 0 Å².